The number of halogens is 1. The van der Waals surface area contributed by atoms with Crippen molar-refractivity contribution in [1.82, 2.24) is 4.90 Å². The molecule has 0 aliphatic carbocycles. The highest BCUT2D eigenvalue weighted by Gasteiger charge is 2.32. The number of hydrogen-bond acceptors (Lipinski definition) is 4. The Morgan fingerprint density at radius 1 is 1.38 bits per heavy atom. The van der Waals surface area contributed by atoms with Crippen LogP contribution in [0, 0.1) is 5.92 Å². The molecular formula is C18H27ClN2O3. The zero-order chi connectivity index (χ0) is 17.7. The maximum Gasteiger partial charge on any atom is 0.254 e. The molecule has 0 saturated carbocycles. The third-order valence-electron chi connectivity index (χ3n) is 4.26. The third-order valence-corrected chi connectivity index (χ3v) is 4.54. The lowest BCUT2D eigenvalue weighted by Crippen LogP contribution is -2.34. The van der Waals surface area contributed by atoms with Gasteiger partial charge in [0.1, 0.15) is 0 Å². The van der Waals surface area contributed by atoms with Crippen LogP contribution >= 0.6 is 11.6 Å². The minimum absolute atomic E-state index is 0.0386. The van der Waals surface area contributed by atoms with Gasteiger partial charge in [-0.05, 0) is 51.3 Å². The molecular weight excluding hydrogens is 328 g/mol. The standard InChI is InChI=1S/C18H27ClN2O3/c1-4-6-24-17-15(19)8-14(9-16(17)23-5-2)18(22)21-11-13(10-20)7-12(21)3/h8-9,12-13H,4-7,10-11,20H2,1-3H3. The zero-order valence-electron chi connectivity index (χ0n) is 14.7. The van der Waals surface area contributed by atoms with Gasteiger partial charge in [0.2, 0.25) is 0 Å². The van der Waals surface area contributed by atoms with Gasteiger partial charge in [0.15, 0.2) is 11.5 Å². The van der Waals surface area contributed by atoms with Crippen molar-refractivity contribution in [1.29, 1.82) is 0 Å². The lowest BCUT2D eigenvalue weighted by atomic mass is 10.1. The number of carbonyl (C=O) groups excluding carboxylic acids is 1. The van der Waals surface area contributed by atoms with Crippen LogP contribution in [-0.2, 0) is 0 Å². The first-order chi connectivity index (χ1) is 11.5. The van der Waals surface area contributed by atoms with E-state index in [0.717, 1.165) is 12.8 Å². The number of nitrogens with zero attached hydrogens (tertiary/aromatic N) is 1. The first-order valence-electron chi connectivity index (χ1n) is 8.61. The van der Waals surface area contributed by atoms with E-state index < -0.39 is 0 Å². The fraction of sp³-hybridized carbons (Fsp3) is 0.611. The molecule has 2 rings (SSSR count). The predicted molar refractivity (Wildman–Crippen MR) is 96.1 cm³/mol. The highest BCUT2D eigenvalue weighted by atomic mass is 35.5. The van der Waals surface area contributed by atoms with Crippen LogP contribution < -0.4 is 15.2 Å². The van der Waals surface area contributed by atoms with E-state index in [4.69, 9.17) is 26.8 Å². The van der Waals surface area contributed by atoms with Crippen LogP contribution in [0.25, 0.3) is 0 Å². The van der Waals surface area contributed by atoms with Gasteiger partial charge in [0.05, 0.1) is 18.2 Å². The van der Waals surface area contributed by atoms with Crippen molar-refractivity contribution in [3.8, 4) is 11.5 Å². The molecule has 5 nitrogen and oxygen atoms in total. The quantitative estimate of drug-likeness (QED) is 0.815. The van der Waals surface area contributed by atoms with Crippen LogP contribution in [0.1, 0.15) is 44.0 Å². The molecule has 1 aliphatic heterocycles. The van der Waals surface area contributed by atoms with Crippen molar-refractivity contribution in [3.63, 3.8) is 0 Å². The van der Waals surface area contributed by atoms with E-state index in [1.165, 1.54) is 0 Å². The maximum absolute atomic E-state index is 12.9. The maximum atomic E-state index is 12.9. The summed E-state index contributed by atoms with van der Waals surface area (Å²) in [4.78, 5) is 14.7. The summed E-state index contributed by atoms with van der Waals surface area (Å²) >= 11 is 6.35. The molecule has 0 spiro atoms. The molecule has 1 heterocycles. The SMILES string of the molecule is CCCOc1c(Cl)cc(C(=O)N2CC(CN)CC2C)cc1OCC. The number of ether oxygens (including phenoxy) is 2. The minimum atomic E-state index is -0.0386. The summed E-state index contributed by atoms with van der Waals surface area (Å²) in [5.41, 5.74) is 6.28. The Labute approximate surface area is 149 Å². The molecule has 0 bridgehead atoms. The predicted octanol–water partition coefficient (Wildman–Crippen LogP) is 3.34. The number of carbonyl (C=O) groups is 1. The van der Waals surface area contributed by atoms with Crippen molar-refractivity contribution in [2.24, 2.45) is 11.7 Å². The molecule has 24 heavy (non-hydrogen) atoms. The molecule has 1 aromatic carbocycles. The molecule has 1 amide bonds. The summed E-state index contributed by atoms with van der Waals surface area (Å²) in [6.07, 6.45) is 1.81. The first kappa shape index (κ1) is 18.9. The van der Waals surface area contributed by atoms with E-state index in [0.29, 0.717) is 54.3 Å². The van der Waals surface area contributed by atoms with Gasteiger partial charge in [0, 0.05) is 18.2 Å². The number of rotatable bonds is 7. The second-order valence-electron chi connectivity index (χ2n) is 6.21. The number of nitrogens with two attached hydrogens (primary N) is 1. The topological polar surface area (TPSA) is 64.8 Å². The van der Waals surface area contributed by atoms with Crippen LogP contribution in [0.5, 0.6) is 11.5 Å². The Morgan fingerprint density at radius 3 is 2.71 bits per heavy atom. The molecule has 2 unspecified atom stereocenters. The van der Waals surface area contributed by atoms with Gasteiger partial charge < -0.3 is 20.1 Å². The molecule has 0 radical (unpaired) electrons. The summed E-state index contributed by atoms with van der Waals surface area (Å²) in [6, 6.07) is 3.57. The van der Waals surface area contributed by atoms with Gasteiger partial charge in [-0.3, -0.25) is 4.79 Å². The fourth-order valence-electron chi connectivity index (χ4n) is 3.06. The number of benzene rings is 1. The van der Waals surface area contributed by atoms with Crippen molar-refractivity contribution < 1.29 is 14.3 Å². The largest absolute Gasteiger partial charge is 0.490 e. The zero-order valence-corrected chi connectivity index (χ0v) is 15.4. The Balaban J connectivity index is 2.28. The molecule has 1 saturated heterocycles. The summed E-state index contributed by atoms with van der Waals surface area (Å²) in [5.74, 6) is 1.34. The van der Waals surface area contributed by atoms with Crippen LogP contribution in [0.4, 0.5) is 0 Å². The van der Waals surface area contributed by atoms with E-state index in [9.17, 15) is 4.79 Å². The van der Waals surface area contributed by atoms with Crippen molar-refractivity contribution in [2.75, 3.05) is 26.3 Å². The second-order valence-corrected chi connectivity index (χ2v) is 6.62. The highest BCUT2D eigenvalue weighted by molar-refractivity contribution is 6.32. The Hall–Kier alpha value is -1.46. The average Bonchev–Trinajstić information content (AvgIpc) is 2.94. The lowest BCUT2D eigenvalue weighted by Gasteiger charge is -2.22. The average molecular weight is 355 g/mol. The monoisotopic (exact) mass is 354 g/mol. The normalized spacial score (nSPS) is 20.3. The Kier molecular flexibility index (Phi) is 6.75. The van der Waals surface area contributed by atoms with Gasteiger partial charge in [-0.25, -0.2) is 0 Å². The number of likely N-dealkylation sites (tertiary alicyclic amines) is 1. The van der Waals surface area contributed by atoms with Gasteiger partial charge in [0.25, 0.3) is 5.91 Å². The van der Waals surface area contributed by atoms with Crippen molar-refractivity contribution >= 4 is 17.5 Å². The lowest BCUT2D eigenvalue weighted by molar-refractivity contribution is 0.0743. The van der Waals surface area contributed by atoms with E-state index in [2.05, 4.69) is 6.92 Å². The molecule has 2 N–H and O–H groups in total. The number of amides is 1. The van der Waals surface area contributed by atoms with Gasteiger partial charge in [-0.15, -0.1) is 0 Å². The Morgan fingerprint density at radius 2 is 2.12 bits per heavy atom. The van der Waals surface area contributed by atoms with Crippen LogP contribution in [0.15, 0.2) is 12.1 Å². The van der Waals surface area contributed by atoms with Crippen LogP contribution in [0.2, 0.25) is 5.02 Å². The Bertz CT molecular complexity index is 580. The van der Waals surface area contributed by atoms with E-state index in [1.54, 1.807) is 12.1 Å². The first-order valence-corrected chi connectivity index (χ1v) is 8.99. The third kappa shape index (κ3) is 4.14. The molecule has 6 heteroatoms. The van der Waals surface area contributed by atoms with Crippen LogP contribution in [-0.4, -0.2) is 43.2 Å². The molecule has 1 aliphatic rings. The number of hydrogen-bond donors (Lipinski definition) is 1. The molecule has 1 fully saturated rings. The van der Waals surface area contributed by atoms with Gasteiger partial charge in [-0.2, -0.15) is 0 Å². The smallest absolute Gasteiger partial charge is 0.254 e. The summed E-state index contributed by atoms with van der Waals surface area (Å²) in [7, 11) is 0. The minimum Gasteiger partial charge on any atom is -0.490 e. The van der Waals surface area contributed by atoms with Gasteiger partial charge in [-0.1, -0.05) is 18.5 Å². The van der Waals surface area contributed by atoms with E-state index in [-0.39, 0.29) is 11.9 Å². The molecule has 2 atom stereocenters. The van der Waals surface area contributed by atoms with Crippen molar-refractivity contribution in [3.05, 3.63) is 22.7 Å². The summed E-state index contributed by atoms with van der Waals surface area (Å²) < 4.78 is 11.3. The second kappa shape index (κ2) is 8.58. The van der Waals surface area contributed by atoms with E-state index in [1.807, 2.05) is 18.7 Å². The van der Waals surface area contributed by atoms with Crippen molar-refractivity contribution in [2.45, 2.75) is 39.7 Å². The van der Waals surface area contributed by atoms with E-state index >= 15 is 0 Å². The summed E-state index contributed by atoms with van der Waals surface area (Å²) in [5, 5.41) is 0.403. The fourth-order valence-corrected chi connectivity index (χ4v) is 3.33. The highest BCUT2D eigenvalue weighted by Crippen LogP contribution is 2.37. The molecule has 134 valence electrons. The molecule has 0 aromatic heterocycles. The summed E-state index contributed by atoms with van der Waals surface area (Å²) in [6.45, 7) is 8.28. The molecule has 1 aromatic rings. The van der Waals surface area contributed by atoms with Crippen LogP contribution in [0.3, 0.4) is 0 Å². The van der Waals surface area contributed by atoms with Gasteiger partial charge >= 0.3 is 0 Å².